The van der Waals surface area contributed by atoms with Gasteiger partial charge < -0.3 is 9.84 Å². The molecular formula is C18H20O3S. The van der Waals surface area contributed by atoms with Crippen molar-refractivity contribution in [1.29, 1.82) is 0 Å². The molecule has 0 aromatic heterocycles. The van der Waals surface area contributed by atoms with Crippen molar-refractivity contribution in [1.82, 2.24) is 0 Å². The van der Waals surface area contributed by atoms with Crippen LogP contribution in [0.15, 0.2) is 64.9 Å². The van der Waals surface area contributed by atoms with Gasteiger partial charge in [0.15, 0.2) is 0 Å². The maximum atomic E-state index is 12.4. The molecule has 3 nitrogen and oxygen atoms in total. The van der Waals surface area contributed by atoms with E-state index in [0.717, 1.165) is 16.9 Å². The Labute approximate surface area is 133 Å². The third-order valence-corrected chi connectivity index (χ3v) is 4.81. The van der Waals surface area contributed by atoms with Gasteiger partial charge in [-0.3, -0.25) is 0 Å². The van der Waals surface area contributed by atoms with E-state index in [4.69, 9.17) is 4.74 Å². The normalized spacial score (nSPS) is 13.4. The standard InChI is InChI=1S/C18H20O3S/c1-13-4-10-17(11-5-13)22(20)14(2)12-18(19)15-6-8-16(21-3)9-7-15/h4-11,18-19H,2,12H2,1,3H3/t18-,22?/m1/s1. The summed E-state index contributed by atoms with van der Waals surface area (Å²) in [5, 5.41) is 10.3. The molecule has 0 saturated heterocycles. The Balaban J connectivity index is 2.03. The molecule has 0 aliphatic rings. The van der Waals surface area contributed by atoms with Crippen molar-refractivity contribution in [3.8, 4) is 5.75 Å². The summed E-state index contributed by atoms with van der Waals surface area (Å²) in [6, 6.07) is 14.7. The number of aliphatic hydroxyl groups excluding tert-OH is 1. The van der Waals surface area contributed by atoms with E-state index in [9.17, 15) is 9.32 Å². The van der Waals surface area contributed by atoms with Crippen LogP contribution >= 0.6 is 0 Å². The Bertz CT molecular complexity index is 660. The second-order valence-corrected chi connectivity index (χ2v) is 6.70. The highest BCUT2D eigenvalue weighted by Gasteiger charge is 2.15. The maximum Gasteiger partial charge on any atom is 0.118 e. The first-order chi connectivity index (χ1) is 10.5. The second-order valence-electron chi connectivity index (χ2n) is 5.11. The SMILES string of the molecule is C=C(C[C@@H](O)c1ccc(OC)cc1)S(=O)c1ccc(C)cc1. The highest BCUT2D eigenvalue weighted by Crippen LogP contribution is 2.26. The van der Waals surface area contributed by atoms with Gasteiger partial charge in [0.2, 0.25) is 0 Å². The topological polar surface area (TPSA) is 46.5 Å². The molecule has 1 N–H and O–H groups in total. The minimum Gasteiger partial charge on any atom is -0.497 e. The molecule has 0 spiro atoms. The fraction of sp³-hybridized carbons (Fsp3) is 0.222. The van der Waals surface area contributed by atoms with Crippen LogP contribution < -0.4 is 4.74 Å². The number of aliphatic hydroxyl groups is 1. The van der Waals surface area contributed by atoms with E-state index < -0.39 is 16.9 Å². The molecule has 2 atom stereocenters. The van der Waals surface area contributed by atoms with Gasteiger partial charge in [-0.05, 0) is 36.8 Å². The third kappa shape index (κ3) is 4.06. The monoisotopic (exact) mass is 316 g/mol. The van der Waals surface area contributed by atoms with Gasteiger partial charge in [0.05, 0.1) is 24.0 Å². The molecule has 0 saturated carbocycles. The minimum absolute atomic E-state index is 0.257. The number of hydrogen-bond acceptors (Lipinski definition) is 3. The third-order valence-electron chi connectivity index (χ3n) is 3.42. The number of aryl methyl sites for hydroxylation is 1. The van der Waals surface area contributed by atoms with Crippen molar-refractivity contribution in [2.45, 2.75) is 24.3 Å². The molecule has 116 valence electrons. The van der Waals surface area contributed by atoms with Gasteiger partial charge >= 0.3 is 0 Å². The second kappa shape index (κ2) is 7.38. The molecule has 2 aromatic carbocycles. The lowest BCUT2D eigenvalue weighted by atomic mass is 10.1. The number of methoxy groups -OCH3 is 1. The lowest BCUT2D eigenvalue weighted by molar-refractivity contribution is 0.180. The summed E-state index contributed by atoms with van der Waals surface area (Å²) in [6.45, 7) is 5.85. The van der Waals surface area contributed by atoms with Crippen LogP contribution in [0, 0.1) is 6.92 Å². The van der Waals surface area contributed by atoms with E-state index in [1.807, 2.05) is 31.2 Å². The van der Waals surface area contributed by atoms with E-state index in [2.05, 4.69) is 6.58 Å². The molecule has 0 amide bonds. The molecule has 22 heavy (non-hydrogen) atoms. The summed E-state index contributed by atoms with van der Waals surface area (Å²) in [5.74, 6) is 0.734. The van der Waals surface area contributed by atoms with Crippen molar-refractivity contribution < 1.29 is 14.1 Å². The number of rotatable bonds is 6. The van der Waals surface area contributed by atoms with E-state index in [0.29, 0.717) is 9.80 Å². The first kappa shape index (κ1) is 16.5. The van der Waals surface area contributed by atoms with Crippen molar-refractivity contribution in [3.63, 3.8) is 0 Å². The van der Waals surface area contributed by atoms with Gasteiger partial charge in [0.1, 0.15) is 5.75 Å². The summed E-state index contributed by atoms with van der Waals surface area (Å²) in [4.78, 5) is 1.21. The quantitative estimate of drug-likeness (QED) is 0.883. The zero-order valence-electron chi connectivity index (χ0n) is 12.8. The Hall–Kier alpha value is -1.91. The molecule has 2 rings (SSSR count). The van der Waals surface area contributed by atoms with E-state index in [-0.39, 0.29) is 6.42 Å². The van der Waals surface area contributed by atoms with Gasteiger partial charge in [-0.1, -0.05) is 36.4 Å². The molecule has 0 fully saturated rings. The fourth-order valence-corrected chi connectivity index (χ4v) is 3.09. The molecule has 0 aliphatic heterocycles. The Kier molecular flexibility index (Phi) is 5.52. The van der Waals surface area contributed by atoms with E-state index in [1.54, 1.807) is 31.4 Å². The Morgan fingerprint density at radius 2 is 1.77 bits per heavy atom. The molecule has 1 unspecified atom stereocenters. The average molecular weight is 316 g/mol. The maximum absolute atomic E-state index is 12.4. The van der Waals surface area contributed by atoms with E-state index >= 15 is 0 Å². The van der Waals surface area contributed by atoms with Crippen LogP contribution in [0.1, 0.15) is 23.7 Å². The molecule has 4 heteroatoms. The van der Waals surface area contributed by atoms with Crippen LogP contribution in [0.25, 0.3) is 0 Å². The fourth-order valence-electron chi connectivity index (χ4n) is 2.06. The summed E-state index contributed by atoms with van der Waals surface area (Å²) in [7, 11) is 0.279. The van der Waals surface area contributed by atoms with Crippen LogP contribution in [0.3, 0.4) is 0 Å². The first-order valence-corrected chi connectivity index (χ1v) is 8.14. The van der Waals surface area contributed by atoms with Crippen LogP contribution in [0.4, 0.5) is 0 Å². The molecule has 0 heterocycles. The van der Waals surface area contributed by atoms with Gasteiger partial charge in [-0.25, -0.2) is 4.21 Å². The Morgan fingerprint density at radius 1 is 1.18 bits per heavy atom. The number of benzene rings is 2. The summed E-state index contributed by atoms with van der Waals surface area (Å²) >= 11 is 0. The van der Waals surface area contributed by atoms with Crippen LogP contribution in [-0.4, -0.2) is 16.4 Å². The molecule has 0 radical (unpaired) electrons. The molecule has 0 aliphatic carbocycles. The minimum atomic E-state index is -1.32. The molecule has 2 aromatic rings. The number of hydrogen-bond donors (Lipinski definition) is 1. The summed E-state index contributed by atoms with van der Waals surface area (Å²) in [6.07, 6.45) is -0.472. The van der Waals surface area contributed by atoms with Crippen molar-refractivity contribution in [2.75, 3.05) is 7.11 Å². The summed E-state index contributed by atoms with van der Waals surface area (Å²) < 4.78 is 17.5. The predicted molar refractivity (Wildman–Crippen MR) is 89.3 cm³/mol. The lowest BCUT2D eigenvalue weighted by Crippen LogP contribution is -2.03. The smallest absolute Gasteiger partial charge is 0.118 e. The first-order valence-electron chi connectivity index (χ1n) is 6.99. The van der Waals surface area contributed by atoms with Gasteiger partial charge in [0, 0.05) is 16.2 Å². The van der Waals surface area contributed by atoms with Crippen LogP contribution in [-0.2, 0) is 10.8 Å². The highest BCUT2D eigenvalue weighted by atomic mass is 32.2. The van der Waals surface area contributed by atoms with Crippen LogP contribution in [0.5, 0.6) is 5.75 Å². The van der Waals surface area contributed by atoms with Crippen LogP contribution in [0.2, 0.25) is 0 Å². The molecular weight excluding hydrogens is 296 g/mol. The van der Waals surface area contributed by atoms with Gasteiger partial charge in [-0.2, -0.15) is 0 Å². The Morgan fingerprint density at radius 3 is 2.32 bits per heavy atom. The molecule has 0 bridgehead atoms. The highest BCUT2D eigenvalue weighted by molar-refractivity contribution is 7.89. The van der Waals surface area contributed by atoms with E-state index in [1.165, 1.54) is 0 Å². The largest absolute Gasteiger partial charge is 0.497 e. The zero-order valence-corrected chi connectivity index (χ0v) is 13.6. The van der Waals surface area contributed by atoms with Gasteiger partial charge in [0.25, 0.3) is 0 Å². The van der Waals surface area contributed by atoms with Crippen molar-refractivity contribution in [3.05, 3.63) is 71.1 Å². The lowest BCUT2D eigenvalue weighted by Gasteiger charge is -2.13. The van der Waals surface area contributed by atoms with Crippen molar-refractivity contribution in [2.24, 2.45) is 0 Å². The predicted octanol–water partition coefficient (Wildman–Crippen LogP) is 3.75. The van der Waals surface area contributed by atoms with Gasteiger partial charge in [-0.15, -0.1) is 0 Å². The summed E-state index contributed by atoms with van der Waals surface area (Å²) in [5.41, 5.74) is 1.87. The average Bonchev–Trinajstić information content (AvgIpc) is 2.54. The number of ether oxygens (including phenoxy) is 1. The van der Waals surface area contributed by atoms with Crippen molar-refractivity contribution >= 4 is 10.8 Å². The zero-order chi connectivity index (χ0) is 16.1.